The van der Waals surface area contributed by atoms with E-state index in [0.29, 0.717) is 64.6 Å². The van der Waals surface area contributed by atoms with Crippen LogP contribution in [0.15, 0.2) is 48.5 Å². The van der Waals surface area contributed by atoms with Gasteiger partial charge in [0, 0.05) is 50.5 Å². The van der Waals surface area contributed by atoms with E-state index in [-0.39, 0.29) is 23.1 Å². The SMILES string of the molecule is O=C(Nc1ccc(N2CCN(CC(=O)N3CCOCC3)CC2)cc1C(=O)O)c1ccccc1. The number of carbonyl (C=O) groups is 3. The topological polar surface area (TPSA) is 102 Å². The lowest BCUT2D eigenvalue weighted by Crippen LogP contribution is -2.51. The normalized spacial score (nSPS) is 17.0. The van der Waals surface area contributed by atoms with E-state index >= 15 is 0 Å². The third kappa shape index (κ3) is 5.68. The molecule has 0 aliphatic carbocycles. The van der Waals surface area contributed by atoms with Crippen LogP contribution in [0.25, 0.3) is 0 Å². The van der Waals surface area contributed by atoms with Gasteiger partial charge < -0.3 is 25.0 Å². The fourth-order valence-corrected chi connectivity index (χ4v) is 4.07. The van der Waals surface area contributed by atoms with Crippen LogP contribution in [0.3, 0.4) is 0 Å². The van der Waals surface area contributed by atoms with E-state index in [1.54, 1.807) is 36.4 Å². The smallest absolute Gasteiger partial charge is 0.337 e. The zero-order valence-electron chi connectivity index (χ0n) is 18.4. The zero-order chi connectivity index (χ0) is 23.2. The van der Waals surface area contributed by atoms with Gasteiger partial charge in [0.1, 0.15) is 0 Å². The van der Waals surface area contributed by atoms with Crippen molar-refractivity contribution in [2.45, 2.75) is 0 Å². The van der Waals surface area contributed by atoms with E-state index in [1.807, 2.05) is 17.0 Å². The van der Waals surface area contributed by atoms with Crippen molar-refractivity contribution in [3.63, 3.8) is 0 Å². The number of morpholine rings is 1. The van der Waals surface area contributed by atoms with E-state index in [2.05, 4.69) is 15.1 Å². The molecule has 0 unspecified atom stereocenters. The number of carboxylic acids is 1. The van der Waals surface area contributed by atoms with Gasteiger partial charge in [-0.15, -0.1) is 0 Å². The minimum absolute atomic E-state index is 0.0432. The van der Waals surface area contributed by atoms with Gasteiger partial charge in [0.05, 0.1) is 31.0 Å². The number of hydrogen-bond acceptors (Lipinski definition) is 6. The Kier molecular flexibility index (Phi) is 7.21. The Bertz CT molecular complexity index is 999. The van der Waals surface area contributed by atoms with E-state index in [0.717, 1.165) is 5.69 Å². The monoisotopic (exact) mass is 452 g/mol. The lowest BCUT2D eigenvalue weighted by molar-refractivity contribution is -0.136. The van der Waals surface area contributed by atoms with Gasteiger partial charge in [-0.2, -0.15) is 0 Å². The number of aromatic carboxylic acids is 1. The molecule has 174 valence electrons. The van der Waals surface area contributed by atoms with Crippen LogP contribution in [0.5, 0.6) is 0 Å². The van der Waals surface area contributed by atoms with Crippen molar-refractivity contribution in [2.24, 2.45) is 0 Å². The molecular weight excluding hydrogens is 424 g/mol. The van der Waals surface area contributed by atoms with Crippen LogP contribution in [0.4, 0.5) is 11.4 Å². The molecule has 2 saturated heterocycles. The van der Waals surface area contributed by atoms with Crippen molar-refractivity contribution in [2.75, 3.05) is 69.2 Å². The Balaban J connectivity index is 1.37. The number of carboxylic acid groups (broad SMARTS) is 1. The van der Waals surface area contributed by atoms with Gasteiger partial charge in [0.2, 0.25) is 5.91 Å². The lowest BCUT2D eigenvalue weighted by atomic mass is 10.1. The van der Waals surface area contributed by atoms with Crippen LogP contribution >= 0.6 is 0 Å². The first kappa shape index (κ1) is 22.8. The van der Waals surface area contributed by atoms with Crippen LogP contribution in [-0.2, 0) is 9.53 Å². The first-order valence-corrected chi connectivity index (χ1v) is 11.1. The molecule has 2 fully saturated rings. The molecule has 0 aromatic heterocycles. The van der Waals surface area contributed by atoms with E-state index < -0.39 is 5.97 Å². The number of nitrogens with zero attached hydrogens (tertiary/aromatic N) is 3. The average molecular weight is 453 g/mol. The summed E-state index contributed by atoms with van der Waals surface area (Å²) in [5.74, 6) is -1.34. The molecular formula is C24H28N4O5. The Labute approximate surface area is 192 Å². The van der Waals surface area contributed by atoms with E-state index in [4.69, 9.17) is 4.74 Å². The number of piperazine rings is 1. The molecule has 0 bridgehead atoms. The summed E-state index contributed by atoms with van der Waals surface area (Å²) in [6, 6.07) is 13.7. The summed E-state index contributed by atoms with van der Waals surface area (Å²) in [7, 11) is 0. The highest BCUT2D eigenvalue weighted by molar-refractivity contribution is 6.08. The summed E-state index contributed by atoms with van der Waals surface area (Å²) in [6.07, 6.45) is 0. The van der Waals surface area contributed by atoms with Crippen molar-refractivity contribution in [1.29, 1.82) is 0 Å². The Morgan fingerprint density at radius 2 is 1.61 bits per heavy atom. The predicted octanol–water partition coefficient (Wildman–Crippen LogP) is 1.62. The van der Waals surface area contributed by atoms with E-state index in [1.165, 1.54) is 0 Å². The van der Waals surface area contributed by atoms with Gasteiger partial charge in [0.15, 0.2) is 0 Å². The number of nitrogens with one attached hydrogen (secondary N) is 1. The first-order valence-electron chi connectivity index (χ1n) is 11.1. The second-order valence-electron chi connectivity index (χ2n) is 8.11. The highest BCUT2D eigenvalue weighted by atomic mass is 16.5. The maximum absolute atomic E-state index is 12.5. The van der Waals surface area contributed by atoms with Crippen LogP contribution in [0.2, 0.25) is 0 Å². The number of anilines is 2. The molecule has 2 amide bonds. The van der Waals surface area contributed by atoms with Gasteiger partial charge in [-0.3, -0.25) is 14.5 Å². The minimum atomic E-state index is -1.10. The molecule has 2 heterocycles. The summed E-state index contributed by atoms with van der Waals surface area (Å²) < 4.78 is 5.30. The van der Waals surface area contributed by atoms with Crippen LogP contribution in [0, 0.1) is 0 Å². The molecule has 4 rings (SSSR count). The Morgan fingerprint density at radius 1 is 0.909 bits per heavy atom. The molecule has 2 aromatic carbocycles. The summed E-state index contributed by atoms with van der Waals surface area (Å²) >= 11 is 0. The van der Waals surface area contributed by atoms with Gasteiger partial charge in [0.25, 0.3) is 5.91 Å². The van der Waals surface area contributed by atoms with Crippen LogP contribution < -0.4 is 10.2 Å². The molecule has 0 radical (unpaired) electrons. The summed E-state index contributed by atoms with van der Waals surface area (Å²) in [4.78, 5) is 42.9. The van der Waals surface area contributed by atoms with Crippen molar-refractivity contribution in [3.8, 4) is 0 Å². The van der Waals surface area contributed by atoms with Crippen molar-refractivity contribution < 1.29 is 24.2 Å². The molecule has 2 aromatic rings. The molecule has 9 heteroatoms. The maximum atomic E-state index is 12.5. The summed E-state index contributed by atoms with van der Waals surface area (Å²) in [5, 5.41) is 12.4. The molecule has 2 aliphatic rings. The molecule has 2 aliphatic heterocycles. The van der Waals surface area contributed by atoms with E-state index in [9.17, 15) is 19.5 Å². The average Bonchev–Trinajstić information content (AvgIpc) is 2.85. The quantitative estimate of drug-likeness (QED) is 0.687. The van der Waals surface area contributed by atoms with Crippen LogP contribution in [0.1, 0.15) is 20.7 Å². The Morgan fingerprint density at radius 3 is 2.27 bits per heavy atom. The number of rotatable bonds is 6. The van der Waals surface area contributed by atoms with Gasteiger partial charge in [-0.1, -0.05) is 18.2 Å². The lowest BCUT2D eigenvalue weighted by Gasteiger charge is -2.37. The van der Waals surface area contributed by atoms with Crippen molar-refractivity contribution in [3.05, 3.63) is 59.7 Å². The van der Waals surface area contributed by atoms with Gasteiger partial charge >= 0.3 is 5.97 Å². The van der Waals surface area contributed by atoms with Gasteiger partial charge in [-0.25, -0.2) is 4.79 Å². The molecule has 0 saturated carbocycles. The first-order chi connectivity index (χ1) is 16.0. The zero-order valence-corrected chi connectivity index (χ0v) is 18.4. The fraction of sp³-hybridized carbons (Fsp3) is 0.375. The number of benzene rings is 2. The standard InChI is InChI=1S/C24H28N4O5/c29-22(28-12-14-33-15-13-28)17-26-8-10-27(11-9-26)19-6-7-21(20(16-19)24(31)32)25-23(30)18-4-2-1-3-5-18/h1-7,16H,8-15,17H2,(H,25,30)(H,31,32). The minimum Gasteiger partial charge on any atom is -0.478 e. The highest BCUT2D eigenvalue weighted by Crippen LogP contribution is 2.25. The largest absolute Gasteiger partial charge is 0.478 e. The molecule has 9 nitrogen and oxygen atoms in total. The van der Waals surface area contributed by atoms with Crippen molar-refractivity contribution in [1.82, 2.24) is 9.80 Å². The second-order valence-corrected chi connectivity index (χ2v) is 8.11. The third-order valence-corrected chi connectivity index (χ3v) is 5.98. The summed E-state index contributed by atoms with van der Waals surface area (Å²) in [5.41, 5.74) is 1.54. The molecule has 2 N–H and O–H groups in total. The number of amides is 2. The number of ether oxygens (including phenoxy) is 1. The maximum Gasteiger partial charge on any atom is 0.337 e. The Hall–Kier alpha value is -3.43. The molecule has 0 spiro atoms. The highest BCUT2D eigenvalue weighted by Gasteiger charge is 2.24. The summed E-state index contributed by atoms with van der Waals surface area (Å²) in [6.45, 7) is 5.65. The molecule has 33 heavy (non-hydrogen) atoms. The van der Waals surface area contributed by atoms with Gasteiger partial charge in [-0.05, 0) is 30.3 Å². The second kappa shape index (κ2) is 10.5. The number of hydrogen-bond donors (Lipinski definition) is 2. The van der Waals surface area contributed by atoms with Crippen molar-refractivity contribution >= 4 is 29.2 Å². The molecule has 0 atom stereocenters. The third-order valence-electron chi connectivity index (χ3n) is 5.98. The van der Waals surface area contributed by atoms with Crippen LogP contribution in [-0.4, -0.2) is 91.7 Å². The predicted molar refractivity (Wildman–Crippen MR) is 124 cm³/mol. The number of carbonyl (C=O) groups excluding carboxylic acids is 2. The fourth-order valence-electron chi connectivity index (χ4n) is 4.07.